The number of fused-ring (bicyclic) bond motifs is 2. The molecular weight excluding hydrogens is 529 g/mol. The second kappa shape index (κ2) is 10.8. The van der Waals surface area contributed by atoms with Crippen LogP contribution in [-0.2, 0) is 22.5 Å². The number of halogens is 1. The number of nitrogens with one attached hydrogen (secondary N) is 1. The van der Waals surface area contributed by atoms with Gasteiger partial charge in [0.2, 0.25) is 5.91 Å². The van der Waals surface area contributed by atoms with Gasteiger partial charge in [0.05, 0.1) is 25.3 Å². The van der Waals surface area contributed by atoms with E-state index in [1.165, 1.54) is 11.1 Å². The molecule has 2 saturated heterocycles. The number of likely N-dealkylation sites (tertiary alicyclic amines) is 1. The summed E-state index contributed by atoms with van der Waals surface area (Å²) in [5.41, 5.74) is 3.60. The molecule has 2 unspecified atom stereocenters. The lowest BCUT2D eigenvalue weighted by Gasteiger charge is -2.36. The molecule has 7 nitrogen and oxygen atoms in total. The SMILES string of the molecule is CN=C(NCC(=O)N1CCc2ccccc21)N1CC2OCCN(Cc3ccccc3)C2C1.I. The first-order valence-corrected chi connectivity index (χ1v) is 11.5. The number of benzene rings is 2. The Morgan fingerprint density at radius 1 is 1.09 bits per heavy atom. The number of anilines is 1. The summed E-state index contributed by atoms with van der Waals surface area (Å²) in [5, 5.41) is 3.30. The number of guanidine groups is 1. The average molecular weight is 561 g/mol. The summed E-state index contributed by atoms with van der Waals surface area (Å²) in [6.07, 6.45) is 1.08. The largest absolute Gasteiger partial charge is 0.373 e. The molecule has 1 amide bonds. The molecular formula is C25H32IN5O2. The molecule has 0 spiro atoms. The molecule has 2 aromatic carbocycles. The number of morpholine rings is 1. The van der Waals surface area contributed by atoms with Crippen LogP contribution in [0.2, 0.25) is 0 Å². The van der Waals surface area contributed by atoms with Gasteiger partial charge in [0.15, 0.2) is 5.96 Å². The first-order valence-electron chi connectivity index (χ1n) is 11.5. The van der Waals surface area contributed by atoms with Gasteiger partial charge >= 0.3 is 0 Å². The lowest BCUT2D eigenvalue weighted by atomic mass is 10.1. The summed E-state index contributed by atoms with van der Waals surface area (Å²) in [6.45, 7) is 5.23. The summed E-state index contributed by atoms with van der Waals surface area (Å²) in [6, 6.07) is 19.1. The predicted octanol–water partition coefficient (Wildman–Crippen LogP) is 2.35. The Kier molecular flexibility index (Phi) is 7.87. The molecule has 3 aliphatic rings. The fourth-order valence-corrected chi connectivity index (χ4v) is 5.13. The van der Waals surface area contributed by atoms with Gasteiger partial charge in [-0.3, -0.25) is 14.7 Å². The first-order chi connectivity index (χ1) is 15.7. The van der Waals surface area contributed by atoms with E-state index < -0.39 is 0 Å². The molecule has 5 rings (SSSR count). The van der Waals surface area contributed by atoms with Crippen molar-refractivity contribution in [2.45, 2.75) is 25.1 Å². The number of carbonyl (C=O) groups is 1. The minimum absolute atomic E-state index is 0. The molecule has 0 aromatic heterocycles. The van der Waals surface area contributed by atoms with Crippen LogP contribution < -0.4 is 10.2 Å². The maximum absolute atomic E-state index is 12.9. The van der Waals surface area contributed by atoms with Crippen molar-refractivity contribution in [2.24, 2.45) is 4.99 Å². The van der Waals surface area contributed by atoms with Crippen LogP contribution in [0.1, 0.15) is 11.1 Å². The third-order valence-electron chi connectivity index (χ3n) is 6.74. The topological polar surface area (TPSA) is 60.4 Å². The predicted molar refractivity (Wildman–Crippen MR) is 141 cm³/mol. The highest BCUT2D eigenvalue weighted by molar-refractivity contribution is 14.0. The second-order valence-corrected chi connectivity index (χ2v) is 8.66. The van der Waals surface area contributed by atoms with Gasteiger partial charge in [-0.05, 0) is 23.6 Å². The third-order valence-corrected chi connectivity index (χ3v) is 6.74. The van der Waals surface area contributed by atoms with Gasteiger partial charge in [-0.1, -0.05) is 48.5 Å². The second-order valence-electron chi connectivity index (χ2n) is 8.66. The summed E-state index contributed by atoms with van der Waals surface area (Å²) in [5.74, 6) is 0.846. The number of para-hydroxylation sites is 1. The minimum Gasteiger partial charge on any atom is -0.373 e. The van der Waals surface area contributed by atoms with E-state index in [0.29, 0.717) is 6.04 Å². The smallest absolute Gasteiger partial charge is 0.246 e. The Hall–Kier alpha value is -2.17. The normalized spacial score (nSPS) is 22.5. The standard InChI is InChI=1S/C25H31N5O2.HI/c1-26-25(27-15-24(31)30-12-11-20-9-5-6-10-21(20)30)29-17-22-23(18-29)32-14-13-28(22)16-19-7-3-2-4-8-19;/h2-10,22-23H,11-18H2,1H3,(H,26,27);1H. The van der Waals surface area contributed by atoms with Crippen molar-refractivity contribution in [3.05, 3.63) is 65.7 Å². The van der Waals surface area contributed by atoms with Crippen molar-refractivity contribution in [1.29, 1.82) is 0 Å². The fraction of sp³-hybridized carbons (Fsp3) is 0.440. The minimum atomic E-state index is 0. The third kappa shape index (κ3) is 5.17. The summed E-state index contributed by atoms with van der Waals surface area (Å²) in [4.78, 5) is 24.0. The molecule has 0 radical (unpaired) electrons. The monoisotopic (exact) mass is 561 g/mol. The quantitative estimate of drug-likeness (QED) is 0.353. The number of ether oxygens (including phenoxy) is 1. The zero-order valence-corrected chi connectivity index (χ0v) is 21.4. The van der Waals surface area contributed by atoms with Crippen LogP contribution in [0, 0.1) is 0 Å². The van der Waals surface area contributed by atoms with E-state index >= 15 is 0 Å². The van der Waals surface area contributed by atoms with Crippen LogP contribution >= 0.6 is 24.0 Å². The molecule has 3 aliphatic heterocycles. The number of carbonyl (C=O) groups excluding carboxylic acids is 1. The molecule has 0 aliphatic carbocycles. The van der Waals surface area contributed by atoms with Gasteiger partial charge in [0.25, 0.3) is 0 Å². The van der Waals surface area contributed by atoms with E-state index in [1.807, 2.05) is 23.1 Å². The first kappa shape index (κ1) is 24.0. The van der Waals surface area contributed by atoms with Gasteiger partial charge in [0, 0.05) is 45.5 Å². The molecule has 176 valence electrons. The highest BCUT2D eigenvalue weighted by atomic mass is 127. The Morgan fingerprint density at radius 2 is 1.88 bits per heavy atom. The van der Waals surface area contributed by atoms with E-state index in [1.54, 1.807) is 7.05 Å². The number of rotatable bonds is 4. The van der Waals surface area contributed by atoms with Crippen LogP contribution in [-0.4, -0.2) is 80.2 Å². The average Bonchev–Trinajstić information content (AvgIpc) is 3.45. The number of hydrogen-bond acceptors (Lipinski definition) is 4. The van der Waals surface area contributed by atoms with Crippen LogP contribution in [0.4, 0.5) is 5.69 Å². The van der Waals surface area contributed by atoms with Crippen LogP contribution in [0.3, 0.4) is 0 Å². The number of hydrogen-bond donors (Lipinski definition) is 1. The Morgan fingerprint density at radius 3 is 2.70 bits per heavy atom. The zero-order chi connectivity index (χ0) is 21.9. The Labute approximate surface area is 212 Å². The van der Waals surface area contributed by atoms with Crippen molar-refractivity contribution in [2.75, 3.05) is 51.3 Å². The van der Waals surface area contributed by atoms with Crippen molar-refractivity contribution in [3.63, 3.8) is 0 Å². The van der Waals surface area contributed by atoms with E-state index in [9.17, 15) is 4.79 Å². The van der Waals surface area contributed by atoms with Crippen molar-refractivity contribution in [3.8, 4) is 0 Å². The van der Waals surface area contributed by atoms with Gasteiger partial charge in [-0.15, -0.1) is 24.0 Å². The van der Waals surface area contributed by atoms with Gasteiger partial charge in [-0.2, -0.15) is 0 Å². The maximum atomic E-state index is 12.9. The lowest BCUT2D eigenvalue weighted by Crippen LogP contribution is -2.50. The van der Waals surface area contributed by atoms with E-state index in [0.717, 1.165) is 57.4 Å². The van der Waals surface area contributed by atoms with Gasteiger partial charge in [0.1, 0.15) is 0 Å². The number of aliphatic imine (C=N–C) groups is 1. The summed E-state index contributed by atoms with van der Waals surface area (Å²) >= 11 is 0. The zero-order valence-electron chi connectivity index (χ0n) is 19.0. The molecule has 33 heavy (non-hydrogen) atoms. The van der Waals surface area contributed by atoms with Crippen LogP contribution in [0.25, 0.3) is 0 Å². The number of amides is 1. The highest BCUT2D eigenvalue weighted by Gasteiger charge is 2.41. The van der Waals surface area contributed by atoms with Gasteiger partial charge < -0.3 is 19.9 Å². The maximum Gasteiger partial charge on any atom is 0.246 e. The molecule has 8 heteroatoms. The summed E-state index contributed by atoms with van der Waals surface area (Å²) in [7, 11) is 1.78. The Bertz CT molecular complexity index is 986. The molecule has 2 atom stereocenters. The van der Waals surface area contributed by atoms with Crippen LogP contribution in [0.15, 0.2) is 59.6 Å². The lowest BCUT2D eigenvalue weighted by molar-refractivity contribution is -0.117. The van der Waals surface area contributed by atoms with Crippen molar-refractivity contribution >= 4 is 41.5 Å². The number of nitrogens with zero attached hydrogens (tertiary/aromatic N) is 4. The Balaban J connectivity index is 0.00000259. The summed E-state index contributed by atoms with van der Waals surface area (Å²) < 4.78 is 6.10. The molecule has 2 aromatic rings. The fourth-order valence-electron chi connectivity index (χ4n) is 5.13. The molecule has 3 heterocycles. The van der Waals surface area contributed by atoms with E-state index in [-0.39, 0.29) is 42.5 Å². The van der Waals surface area contributed by atoms with Crippen LogP contribution in [0.5, 0.6) is 0 Å². The molecule has 0 bridgehead atoms. The molecule has 2 fully saturated rings. The van der Waals surface area contributed by atoms with Gasteiger partial charge in [-0.25, -0.2) is 0 Å². The highest BCUT2D eigenvalue weighted by Crippen LogP contribution is 2.27. The van der Waals surface area contributed by atoms with E-state index in [4.69, 9.17) is 4.74 Å². The van der Waals surface area contributed by atoms with Crippen molar-refractivity contribution < 1.29 is 9.53 Å². The molecule has 1 N–H and O–H groups in total. The van der Waals surface area contributed by atoms with Crippen molar-refractivity contribution in [1.82, 2.24) is 15.1 Å². The van der Waals surface area contributed by atoms with E-state index in [2.05, 4.69) is 56.5 Å². The molecule has 0 saturated carbocycles.